The molecule has 0 aliphatic carbocycles. The Balaban J connectivity index is 2.20. The number of hydrogen-bond acceptors (Lipinski definition) is 4. The van der Waals surface area contributed by atoms with Gasteiger partial charge >= 0.3 is 0 Å². The quantitative estimate of drug-likeness (QED) is 0.719. The molecule has 6 heteroatoms. The number of halogens is 1. The monoisotopic (exact) mass is 364 g/mol. The summed E-state index contributed by atoms with van der Waals surface area (Å²) in [5.41, 5.74) is 0.793. The molecule has 3 rings (SSSR count). The lowest BCUT2D eigenvalue weighted by atomic mass is 10.0. The number of aromatic hydroxyl groups is 1. The Bertz CT molecular complexity index is 1110. The van der Waals surface area contributed by atoms with Crippen LogP contribution in [0, 0.1) is 18.3 Å². The molecule has 2 aromatic carbocycles. The van der Waals surface area contributed by atoms with Crippen LogP contribution in [0.5, 0.6) is 5.75 Å². The minimum absolute atomic E-state index is 0.107. The van der Waals surface area contributed by atoms with E-state index in [0.717, 1.165) is 5.56 Å². The SMILES string of the molecule is Cc1ccc(O)c(C(=O)c2cc(C#N)c(=O)n(-c3ccc(Cl)cc3)c2)c1. The third kappa shape index (κ3) is 3.23. The Morgan fingerprint density at radius 3 is 2.50 bits per heavy atom. The van der Waals surface area contributed by atoms with Gasteiger partial charge in [-0.1, -0.05) is 23.2 Å². The molecule has 1 aromatic heterocycles. The summed E-state index contributed by atoms with van der Waals surface area (Å²) in [6, 6.07) is 14.2. The average Bonchev–Trinajstić information content (AvgIpc) is 2.64. The molecule has 26 heavy (non-hydrogen) atoms. The smallest absolute Gasteiger partial charge is 0.273 e. The molecule has 128 valence electrons. The van der Waals surface area contributed by atoms with Crippen molar-refractivity contribution in [2.45, 2.75) is 6.92 Å². The van der Waals surface area contributed by atoms with Gasteiger partial charge in [0.05, 0.1) is 5.56 Å². The number of phenols is 1. The van der Waals surface area contributed by atoms with Gasteiger partial charge in [-0.05, 0) is 49.4 Å². The summed E-state index contributed by atoms with van der Waals surface area (Å²) in [6.45, 7) is 1.80. The van der Waals surface area contributed by atoms with Crippen molar-refractivity contribution in [1.82, 2.24) is 4.57 Å². The number of ketones is 1. The maximum Gasteiger partial charge on any atom is 0.273 e. The van der Waals surface area contributed by atoms with Crippen molar-refractivity contribution in [3.63, 3.8) is 0 Å². The summed E-state index contributed by atoms with van der Waals surface area (Å²) >= 11 is 5.87. The molecule has 0 spiro atoms. The fraction of sp³-hybridized carbons (Fsp3) is 0.0500. The lowest BCUT2D eigenvalue weighted by Gasteiger charge is -2.10. The third-order valence-electron chi connectivity index (χ3n) is 3.90. The second-order valence-corrected chi connectivity index (χ2v) is 6.19. The average molecular weight is 365 g/mol. The Labute approximate surface area is 154 Å². The zero-order chi connectivity index (χ0) is 18.8. The molecule has 1 heterocycles. The summed E-state index contributed by atoms with van der Waals surface area (Å²) in [5.74, 6) is -0.645. The molecule has 0 radical (unpaired) electrons. The first-order valence-electron chi connectivity index (χ1n) is 7.68. The van der Waals surface area contributed by atoms with Gasteiger partial charge < -0.3 is 5.11 Å². The summed E-state index contributed by atoms with van der Waals surface area (Å²) < 4.78 is 1.22. The van der Waals surface area contributed by atoms with Gasteiger partial charge in [0.15, 0.2) is 5.78 Å². The van der Waals surface area contributed by atoms with Crippen LogP contribution in [0.3, 0.4) is 0 Å². The lowest BCUT2D eigenvalue weighted by molar-refractivity contribution is 0.103. The Hall–Kier alpha value is -3.36. The second-order valence-electron chi connectivity index (χ2n) is 5.76. The van der Waals surface area contributed by atoms with Gasteiger partial charge in [0.1, 0.15) is 17.4 Å². The fourth-order valence-corrected chi connectivity index (χ4v) is 2.69. The number of nitrogens with zero attached hydrogens (tertiary/aromatic N) is 2. The van der Waals surface area contributed by atoms with Crippen LogP contribution in [-0.4, -0.2) is 15.5 Å². The fourth-order valence-electron chi connectivity index (χ4n) is 2.57. The highest BCUT2D eigenvalue weighted by Crippen LogP contribution is 2.22. The Morgan fingerprint density at radius 2 is 1.85 bits per heavy atom. The number of aryl methyl sites for hydroxylation is 1. The third-order valence-corrected chi connectivity index (χ3v) is 4.15. The van der Waals surface area contributed by atoms with Crippen LogP contribution in [0.2, 0.25) is 5.02 Å². The van der Waals surface area contributed by atoms with Crippen LogP contribution in [0.4, 0.5) is 0 Å². The number of nitriles is 1. The van der Waals surface area contributed by atoms with Crippen LogP contribution < -0.4 is 5.56 Å². The Kier molecular flexibility index (Phi) is 4.61. The number of carbonyl (C=O) groups excluding carboxylic acids is 1. The number of rotatable bonds is 3. The first-order chi connectivity index (χ1) is 12.4. The molecule has 5 nitrogen and oxygen atoms in total. The number of carbonyl (C=O) groups is 1. The van der Waals surface area contributed by atoms with Crippen LogP contribution in [0.25, 0.3) is 5.69 Å². The summed E-state index contributed by atoms with van der Waals surface area (Å²) in [4.78, 5) is 25.3. The maximum atomic E-state index is 12.8. The van der Waals surface area contributed by atoms with Crippen LogP contribution in [0.1, 0.15) is 27.0 Å². The highest BCUT2D eigenvalue weighted by Gasteiger charge is 2.18. The topological polar surface area (TPSA) is 83.1 Å². The van der Waals surface area contributed by atoms with Crippen LogP contribution in [0.15, 0.2) is 59.5 Å². The number of hydrogen-bond donors (Lipinski definition) is 1. The lowest BCUT2D eigenvalue weighted by Crippen LogP contribution is -2.22. The van der Waals surface area contributed by atoms with E-state index in [1.165, 1.54) is 22.9 Å². The number of phenolic OH excluding ortho intramolecular Hbond substituents is 1. The van der Waals surface area contributed by atoms with Gasteiger partial charge in [-0.25, -0.2) is 0 Å². The van der Waals surface area contributed by atoms with Crippen molar-refractivity contribution < 1.29 is 9.90 Å². The zero-order valence-corrected chi connectivity index (χ0v) is 14.5. The normalized spacial score (nSPS) is 10.3. The van der Waals surface area contributed by atoms with E-state index in [0.29, 0.717) is 10.7 Å². The molecule has 0 saturated heterocycles. The van der Waals surface area contributed by atoms with Crippen molar-refractivity contribution in [3.8, 4) is 17.5 Å². The standard InChI is InChI=1S/C20H13ClN2O3/c1-12-2-7-18(24)17(8-12)19(25)14-9-13(10-22)20(26)23(11-14)16-5-3-15(21)4-6-16/h2-9,11,24H,1H3. The minimum atomic E-state index is -0.542. The van der Waals surface area contributed by atoms with E-state index in [2.05, 4.69) is 0 Å². The Morgan fingerprint density at radius 1 is 1.15 bits per heavy atom. The molecule has 0 fully saturated rings. The molecular weight excluding hydrogens is 352 g/mol. The van der Waals surface area contributed by atoms with E-state index in [1.54, 1.807) is 43.3 Å². The van der Waals surface area contributed by atoms with E-state index in [1.807, 2.05) is 6.07 Å². The van der Waals surface area contributed by atoms with Crippen LogP contribution in [-0.2, 0) is 0 Å². The first-order valence-corrected chi connectivity index (χ1v) is 8.05. The van der Waals surface area contributed by atoms with Gasteiger partial charge in [0.25, 0.3) is 5.56 Å². The molecule has 3 aromatic rings. The van der Waals surface area contributed by atoms with Crippen molar-refractivity contribution in [3.05, 3.63) is 92.4 Å². The first kappa shape index (κ1) is 17.5. The highest BCUT2D eigenvalue weighted by atomic mass is 35.5. The number of pyridine rings is 1. The van der Waals surface area contributed by atoms with Gasteiger partial charge in [-0.2, -0.15) is 5.26 Å². The van der Waals surface area contributed by atoms with E-state index in [-0.39, 0.29) is 22.4 Å². The molecule has 0 saturated carbocycles. The predicted octanol–water partition coefficient (Wildman–Crippen LogP) is 3.61. The number of aromatic nitrogens is 1. The van der Waals surface area contributed by atoms with Crippen molar-refractivity contribution >= 4 is 17.4 Å². The van der Waals surface area contributed by atoms with Gasteiger partial charge in [0.2, 0.25) is 0 Å². The van der Waals surface area contributed by atoms with Crippen molar-refractivity contribution in [2.75, 3.05) is 0 Å². The van der Waals surface area contributed by atoms with E-state index in [4.69, 9.17) is 11.6 Å². The highest BCUT2D eigenvalue weighted by molar-refractivity contribution is 6.30. The molecule has 1 N–H and O–H groups in total. The maximum absolute atomic E-state index is 12.8. The predicted molar refractivity (Wildman–Crippen MR) is 98.0 cm³/mol. The van der Waals surface area contributed by atoms with Crippen LogP contribution >= 0.6 is 11.6 Å². The molecule has 0 bridgehead atoms. The van der Waals surface area contributed by atoms with Gasteiger partial charge in [0, 0.05) is 22.5 Å². The van der Waals surface area contributed by atoms with Gasteiger partial charge in [-0.3, -0.25) is 14.2 Å². The molecule has 0 unspecified atom stereocenters. The zero-order valence-electron chi connectivity index (χ0n) is 13.7. The summed E-state index contributed by atoms with van der Waals surface area (Å²) in [7, 11) is 0. The van der Waals surface area contributed by atoms with Gasteiger partial charge in [-0.15, -0.1) is 0 Å². The molecule has 0 atom stereocenters. The second kappa shape index (κ2) is 6.87. The van der Waals surface area contributed by atoms with Crippen molar-refractivity contribution in [1.29, 1.82) is 5.26 Å². The molecule has 0 aliphatic rings. The minimum Gasteiger partial charge on any atom is -0.507 e. The summed E-state index contributed by atoms with van der Waals surface area (Å²) in [6.07, 6.45) is 1.36. The van der Waals surface area contributed by atoms with E-state index in [9.17, 15) is 20.0 Å². The number of benzene rings is 2. The van der Waals surface area contributed by atoms with E-state index < -0.39 is 11.3 Å². The molecular formula is C20H13ClN2O3. The van der Waals surface area contributed by atoms with E-state index >= 15 is 0 Å². The molecule has 0 amide bonds. The summed E-state index contributed by atoms with van der Waals surface area (Å²) in [5, 5.41) is 19.8. The largest absolute Gasteiger partial charge is 0.507 e. The van der Waals surface area contributed by atoms with Crippen molar-refractivity contribution in [2.24, 2.45) is 0 Å². The molecule has 0 aliphatic heterocycles.